The molecule has 122 valence electrons. The lowest BCUT2D eigenvalue weighted by atomic mass is 9.99. The fourth-order valence-corrected chi connectivity index (χ4v) is 3.29. The summed E-state index contributed by atoms with van der Waals surface area (Å²) in [6.45, 7) is 2.46. The van der Waals surface area contributed by atoms with Crippen LogP contribution in [0.3, 0.4) is 0 Å². The largest absolute Gasteiger partial charge is 0.493 e. The average Bonchev–Trinajstić information content (AvgIpc) is 3.26. The van der Waals surface area contributed by atoms with Crippen LogP contribution >= 0.6 is 0 Å². The highest BCUT2D eigenvalue weighted by molar-refractivity contribution is 6.00. The van der Waals surface area contributed by atoms with Gasteiger partial charge in [0, 0.05) is 31.4 Å². The van der Waals surface area contributed by atoms with Gasteiger partial charge < -0.3 is 10.1 Å². The molecule has 0 amide bonds. The first-order valence-corrected chi connectivity index (χ1v) is 8.42. The second-order valence-electron chi connectivity index (χ2n) is 6.29. The molecule has 0 aromatic heterocycles. The van der Waals surface area contributed by atoms with Gasteiger partial charge in [-0.25, -0.2) is 0 Å². The Labute approximate surface area is 141 Å². The van der Waals surface area contributed by atoms with Crippen molar-refractivity contribution in [2.24, 2.45) is 4.99 Å². The van der Waals surface area contributed by atoms with Gasteiger partial charge >= 0.3 is 0 Å². The molecule has 0 saturated heterocycles. The molecule has 2 aromatic rings. The van der Waals surface area contributed by atoms with E-state index in [2.05, 4.69) is 22.4 Å². The first-order valence-electron chi connectivity index (χ1n) is 8.42. The fraction of sp³-hybridized carbons (Fsp3) is 0.300. The van der Waals surface area contributed by atoms with Crippen molar-refractivity contribution >= 4 is 11.6 Å². The summed E-state index contributed by atoms with van der Waals surface area (Å²) in [5, 5.41) is 3.27. The van der Waals surface area contributed by atoms with Gasteiger partial charge in [-0.3, -0.25) is 9.79 Å². The molecule has 0 atom stereocenters. The van der Waals surface area contributed by atoms with Crippen LogP contribution in [0, 0.1) is 0 Å². The summed E-state index contributed by atoms with van der Waals surface area (Å²) in [5.74, 6) is 2.12. The van der Waals surface area contributed by atoms with Crippen LogP contribution in [-0.2, 0) is 24.1 Å². The monoisotopic (exact) mass is 320 g/mol. The van der Waals surface area contributed by atoms with Crippen molar-refractivity contribution in [2.45, 2.75) is 19.3 Å². The quantitative estimate of drug-likeness (QED) is 0.920. The number of carbonyl (C=O) groups is 1. The third-order valence-corrected chi connectivity index (χ3v) is 4.43. The second-order valence-corrected chi connectivity index (χ2v) is 6.29. The van der Waals surface area contributed by atoms with Crippen molar-refractivity contribution in [3.63, 3.8) is 0 Å². The van der Waals surface area contributed by atoms with Crippen molar-refractivity contribution in [1.29, 1.82) is 0 Å². The molecule has 24 heavy (non-hydrogen) atoms. The summed E-state index contributed by atoms with van der Waals surface area (Å²) in [4.78, 5) is 16.9. The van der Waals surface area contributed by atoms with Crippen molar-refractivity contribution in [3.8, 4) is 5.75 Å². The van der Waals surface area contributed by atoms with Gasteiger partial charge in [0.1, 0.15) is 17.4 Å². The maximum atomic E-state index is 12.4. The second kappa shape index (κ2) is 6.48. The highest BCUT2D eigenvalue weighted by Gasteiger charge is 2.14. The number of nitrogens with one attached hydrogen (secondary N) is 1. The number of hydrogen-bond acceptors (Lipinski definition) is 4. The number of amidine groups is 1. The van der Waals surface area contributed by atoms with Crippen LogP contribution in [0.4, 0.5) is 0 Å². The third-order valence-electron chi connectivity index (χ3n) is 4.43. The van der Waals surface area contributed by atoms with Gasteiger partial charge in [0.05, 0.1) is 13.2 Å². The Morgan fingerprint density at radius 2 is 2.00 bits per heavy atom. The zero-order valence-corrected chi connectivity index (χ0v) is 13.5. The molecule has 1 N–H and O–H groups in total. The van der Waals surface area contributed by atoms with E-state index in [0.29, 0.717) is 12.8 Å². The molecule has 2 heterocycles. The molecule has 0 unspecified atom stereocenters. The van der Waals surface area contributed by atoms with E-state index in [4.69, 9.17) is 4.74 Å². The molecule has 4 nitrogen and oxygen atoms in total. The Morgan fingerprint density at radius 3 is 2.83 bits per heavy atom. The summed E-state index contributed by atoms with van der Waals surface area (Å²) in [6, 6.07) is 14.2. The molecule has 0 spiro atoms. The number of hydrogen-bond donors (Lipinski definition) is 1. The molecule has 2 aliphatic rings. The van der Waals surface area contributed by atoms with E-state index >= 15 is 0 Å². The van der Waals surface area contributed by atoms with E-state index < -0.39 is 0 Å². The molecular formula is C20H20N2O2. The van der Waals surface area contributed by atoms with E-state index in [-0.39, 0.29) is 5.78 Å². The van der Waals surface area contributed by atoms with Crippen molar-refractivity contribution in [2.75, 3.05) is 19.7 Å². The summed E-state index contributed by atoms with van der Waals surface area (Å²) in [6.07, 6.45) is 1.86. The Morgan fingerprint density at radius 1 is 1.12 bits per heavy atom. The smallest absolute Gasteiger partial charge is 0.141 e. The van der Waals surface area contributed by atoms with Gasteiger partial charge in [-0.15, -0.1) is 0 Å². The number of benzene rings is 2. The van der Waals surface area contributed by atoms with Gasteiger partial charge in [0.25, 0.3) is 0 Å². The lowest BCUT2D eigenvalue weighted by Gasteiger charge is -2.07. The van der Waals surface area contributed by atoms with Gasteiger partial charge in [-0.05, 0) is 28.8 Å². The van der Waals surface area contributed by atoms with Crippen molar-refractivity contribution in [3.05, 3.63) is 64.7 Å². The van der Waals surface area contributed by atoms with Gasteiger partial charge in [0.15, 0.2) is 0 Å². The van der Waals surface area contributed by atoms with Crippen molar-refractivity contribution in [1.82, 2.24) is 5.32 Å². The van der Waals surface area contributed by atoms with Crippen molar-refractivity contribution < 1.29 is 9.53 Å². The maximum Gasteiger partial charge on any atom is 0.141 e. The van der Waals surface area contributed by atoms with Gasteiger partial charge in [-0.2, -0.15) is 0 Å². The zero-order chi connectivity index (χ0) is 16.4. The summed E-state index contributed by atoms with van der Waals surface area (Å²) in [5.41, 5.74) is 4.39. The van der Waals surface area contributed by atoms with Gasteiger partial charge in [-0.1, -0.05) is 30.3 Å². The highest BCUT2D eigenvalue weighted by Crippen LogP contribution is 2.26. The number of aliphatic imine (C=N–C) groups is 1. The first kappa shape index (κ1) is 14.9. The number of fused-ring (bicyclic) bond motifs is 1. The topological polar surface area (TPSA) is 50.7 Å². The number of nitrogens with zero attached hydrogens (tertiary/aromatic N) is 1. The number of Topliss-reactive ketones (excluding diaryl/α,β-unsaturated/α-hetero) is 1. The van der Waals surface area contributed by atoms with E-state index in [1.54, 1.807) is 0 Å². The number of rotatable bonds is 5. The Kier molecular flexibility index (Phi) is 4.03. The van der Waals surface area contributed by atoms with E-state index in [9.17, 15) is 4.79 Å². The maximum absolute atomic E-state index is 12.4. The molecule has 4 heteroatoms. The standard InChI is InChI=1S/C20H20N2O2/c23-18(13-15-4-5-19-16(10-15)6-9-24-19)12-14-2-1-3-17(11-14)20-21-7-8-22-20/h1-5,10-11H,6-9,12-13H2,(H,21,22). The van der Waals surface area contributed by atoms with E-state index in [0.717, 1.165) is 54.4 Å². The molecule has 0 fully saturated rings. The minimum Gasteiger partial charge on any atom is -0.493 e. The predicted octanol–water partition coefficient (Wildman–Crippen LogP) is 2.33. The van der Waals surface area contributed by atoms with Crippen LogP contribution in [0.25, 0.3) is 0 Å². The number of carbonyl (C=O) groups excluding carboxylic acids is 1. The molecule has 4 rings (SSSR count). The van der Waals surface area contributed by atoms with E-state index in [1.165, 1.54) is 5.56 Å². The lowest BCUT2D eigenvalue weighted by Crippen LogP contribution is -2.19. The van der Waals surface area contributed by atoms with Crippen LogP contribution in [-0.4, -0.2) is 31.3 Å². The zero-order valence-electron chi connectivity index (χ0n) is 13.5. The first-order chi connectivity index (χ1) is 11.8. The Hall–Kier alpha value is -2.62. The number of ether oxygens (including phenoxy) is 1. The lowest BCUT2D eigenvalue weighted by molar-refractivity contribution is -0.117. The third kappa shape index (κ3) is 3.18. The molecular weight excluding hydrogens is 300 g/mol. The minimum atomic E-state index is 0.229. The molecule has 2 aliphatic heterocycles. The van der Waals surface area contributed by atoms with Crippen LogP contribution in [0.1, 0.15) is 22.3 Å². The van der Waals surface area contributed by atoms with Crippen LogP contribution in [0.5, 0.6) is 5.75 Å². The summed E-state index contributed by atoms with van der Waals surface area (Å²) >= 11 is 0. The Balaban J connectivity index is 1.43. The molecule has 0 aliphatic carbocycles. The van der Waals surface area contributed by atoms with Crippen LogP contribution < -0.4 is 10.1 Å². The van der Waals surface area contributed by atoms with Crippen LogP contribution in [0.15, 0.2) is 47.5 Å². The summed E-state index contributed by atoms with van der Waals surface area (Å²) < 4.78 is 5.51. The van der Waals surface area contributed by atoms with E-state index in [1.807, 2.05) is 30.3 Å². The predicted molar refractivity (Wildman–Crippen MR) is 93.9 cm³/mol. The molecule has 0 bridgehead atoms. The Bertz CT molecular complexity index is 811. The SMILES string of the molecule is O=C(Cc1cccc(C2=NCCN2)c1)Cc1ccc2c(c1)CCO2. The number of ketones is 1. The molecule has 2 aromatic carbocycles. The normalized spacial score (nSPS) is 15.4. The van der Waals surface area contributed by atoms with Crippen LogP contribution in [0.2, 0.25) is 0 Å². The summed E-state index contributed by atoms with van der Waals surface area (Å²) in [7, 11) is 0. The molecule has 0 saturated carbocycles. The fourth-order valence-electron chi connectivity index (χ4n) is 3.29. The highest BCUT2D eigenvalue weighted by atomic mass is 16.5. The minimum absolute atomic E-state index is 0.229. The molecule has 0 radical (unpaired) electrons. The average molecular weight is 320 g/mol. The van der Waals surface area contributed by atoms with Gasteiger partial charge in [0.2, 0.25) is 0 Å².